The van der Waals surface area contributed by atoms with Crippen molar-refractivity contribution in [2.75, 3.05) is 23.7 Å². The zero-order valence-electron chi connectivity index (χ0n) is 10.7. The van der Waals surface area contributed by atoms with Crippen LogP contribution in [0.3, 0.4) is 0 Å². The average Bonchev–Trinajstić information content (AvgIpc) is 2.40. The predicted molar refractivity (Wildman–Crippen MR) is 78.4 cm³/mol. The molecule has 1 aliphatic rings. The van der Waals surface area contributed by atoms with Crippen molar-refractivity contribution in [2.24, 2.45) is 5.41 Å². The van der Waals surface area contributed by atoms with E-state index >= 15 is 0 Å². The number of benzene rings is 1. The first kappa shape index (κ1) is 12.7. The van der Waals surface area contributed by atoms with Gasteiger partial charge in [0.1, 0.15) is 0 Å². The highest BCUT2D eigenvalue weighted by Gasteiger charge is 2.23. The van der Waals surface area contributed by atoms with E-state index in [1.54, 1.807) is 0 Å². The van der Waals surface area contributed by atoms with Crippen molar-refractivity contribution in [1.82, 2.24) is 0 Å². The lowest BCUT2D eigenvalue weighted by molar-refractivity contribution is 0.325. The van der Waals surface area contributed by atoms with Crippen LogP contribution in [0, 0.1) is 5.41 Å². The van der Waals surface area contributed by atoms with Gasteiger partial charge in [0.2, 0.25) is 0 Å². The summed E-state index contributed by atoms with van der Waals surface area (Å²) in [7, 11) is 0. The van der Waals surface area contributed by atoms with Crippen LogP contribution in [0.1, 0.15) is 33.1 Å². The summed E-state index contributed by atoms with van der Waals surface area (Å²) in [6.45, 7) is 7.02. The number of hydrogen-bond acceptors (Lipinski definition) is 2. The summed E-state index contributed by atoms with van der Waals surface area (Å²) in [6, 6.07) is 6.10. The number of rotatable bonds is 1. The van der Waals surface area contributed by atoms with Crippen molar-refractivity contribution in [3.63, 3.8) is 0 Å². The van der Waals surface area contributed by atoms with Crippen molar-refractivity contribution < 1.29 is 0 Å². The van der Waals surface area contributed by atoms with E-state index in [1.165, 1.54) is 24.9 Å². The summed E-state index contributed by atoms with van der Waals surface area (Å²) >= 11 is 3.61. The summed E-state index contributed by atoms with van der Waals surface area (Å²) in [5.74, 6) is 0. The van der Waals surface area contributed by atoms with Crippen LogP contribution in [-0.2, 0) is 0 Å². The van der Waals surface area contributed by atoms with E-state index < -0.39 is 0 Å². The Morgan fingerprint density at radius 2 is 2.00 bits per heavy atom. The SMILES string of the molecule is CC1(C)CCCN(c2ccc(N)cc2Br)CC1. The van der Waals surface area contributed by atoms with Crippen LogP contribution in [0.25, 0.3) is 0 Å². The Morgan fingerprint density at radius 1 is 1.24 bits per heavy atom. The largest absolute Gasteiger partial charge is 0.399 e. The Hall–Kier alpha value is -0.700. The minimum atomic E-state index is 0.481. The van der Waals surface area contributed by atoms with Crippen molar-refractivity contribution in [1.29, 1.82) is 0 Å². The first-order chi connectivity index (χ1) is 7.98. The number of nitrogen functional groups attached to an aromatic ring is 1. The maximum atomic E-state index is 5.78. The highest BCUT2D eigenvalue weighted by Crippen LogP contribution is 2.34. The third-order valence-electron chi connectivity index (χ3n) is 3.65. The van der Waals surface area contributed by atoms with Gasteiger partial charge < -0.3 is 10.6 Å². The van der Waals surface area contributed by atoms with E-state index in [2.05, 4.69) is 40.7 Å². The Kier molecular flexibility index (Phi) is 3.67. The molecule has 1 heterocycles. The van der Waals surface area contributed by atoms with Gasteiger partial charge in [0.25, 0.3) is 0 Å². The fourth-order valence-corrected chi connectivity index (χ4v) is 3.09. The Bertz CT molecular complexity index is 401. The zero-order chi connectivity index (χ0) is 12.5. The van der Waals surface area contributed by atoms with E-state index in [-0.39, 0.29) is 0 Å². The predicted octanol–water partition coefficient (Wildman–Crippen LogP) is 4.05. The molecule has 2 N–H and O–H groups in total. The third kappa shape index (κ3) is 3.15. The van der Waals surface area contributed by atoms with Crippen molar-refractivity contribution in [2.45, 2.75) is 33.1 Å². The molecule has 0 radical (unpaired) electrons. The molecule has 94 valence electrons. The molecule has 0 atom stereocenters. The monoisotopic (exact) mass is 296 g/mol. The van der Waals surface area contributed by atoms with E-state index in [9.17, 15) is 0 Å². The molecule has 0 unspecified atom stereocenters. The molecule has 0 saturated carbocycles. The van der Waals surface area contributed by atoms with Gasteiger partial charge in [0, 0.05) is 23.2 Å². The van der Waals surface area contributed by atoms with Crippen molar-refractivity contribution >= 4 is 27.3 Å². The third-order valence-corrected chi connectivity index (χ3v) is 4.29. The lowest BCUT2D eigenvalue weighted by Crippen LogP contribution is -2.25. The second-order valence-electron chi connectivity index (χ2n) is 5.72. The molecule has 2 rings (SSSR count). The first-order valence-corrected chi connectivity index (χ1v) is 7.07. The van der Waals surface area contributed by atoms with Gasteiger partial charge in [-0.15, -0.1) is 0 Å². The Balaban J connectivity index is 2.17. The molecule has 0 aliphatic carbocycles. The fraction of sp³-hybridized carbons (Fsp3) is 0.571. The number of halogens is 1. The van der Waals surface area contributed by atoms with Crippen LogP contribution in [0.4, 0.5) is 11.4 Å². The van der Waals surface area contributed by atoms with E-state index in [0.29, 0.717) is 5.41 Å². The highest BCUT2D eigenvalue weighted by molar-refractivity contribution is 9.10. The molecule has 3 heteroatoms. The maximum Gasteiger partial charge on any atom is 0.0512 e. The van der Waals surface area contributed by atoms with Gasteiger partial charge in [-0.1, -0.05) is 13.8 Å². The fourth-order valence-electron chi connectivity index (χ4n) is 2.44. The lowest BCUT2D eigenvalue weighted by atomic mass is 9.85. The molecule has 17 heavy (non-hydrogen) atoms. The number of hydrogen-bond donors (Lipinski definition) is 1. The van der Waals surface area contributed by atoms with Crippen molar-refractivity contribution in [3.05, 3.63) is 22.7 Å². The Morgan fingerprint density at radius 3 is 2.71 bits per heavy atom. The van der Waals surface area contributed by atoms with Gasteiger partial charge in [0.05, 0.1) is 5.69 Å². The van der Waals surface area contributed by atoms with Crippen LogP contribution >= 0.6 is 15.9 Å². The minimum absolute atomic E-state index is 0.481. The molecule has 0 amide bonds. The van der Waals surface area contributed by atoms with Gasteiger partial charge in [-0.25, -0.2) is 0 Å². The molecule has 1 aliphatic heterocycles. The summed E-state index contributed by atoms with van der Waals surface area (Å²) in [5, 5.41) is 0. The number of nitrogens with two attached hydrogens (primary N) is 1. The van der Waals surface area contributed by atoms with E-state index in [4.69, 9.17) is 5.73 Å². The molecule has 2 nitrogen and oxygen atoms in total. The van der Waals surface area contributed by atoms with E-state index in [0.717, 1.165) is 23.2 Å². The molecular weight excluding hydrogens is 276 g/mol. The van der Waals surface area contributed by atoms with Crippen LogP contribution in [0.2, 0.25) is 0 Å². The van der Waals surface area contributed by atoms with Crippen LogP contribution in [0.15, 0.2) is 22.7 Å². The molecule has 1 saturated heterocycles. The van der Waals surface area contributed by atoms with Crippen LogP contribution in [-0.4, -0.2) is 13.1 Å². The second-order valence-corrected chi connectivity index (χ2v) is 6.57. The van der Waals surface area contributed by atoms with Crippen LogP contribution < -0.4 is 10.6 Å². The quantitative estimate of drug-likeness (QED) is 0.792. The summed E-state index contributed by atoms with van der Waals surface area (Å²) < 4.78 is 1.11. The van der Waals surface area contributed by atoms with Gasteiger partial charge in [-0.05, 0) is 58.8 Å². The lowest BCUT2D eigenvalue weighted by Gasteiger charge is -2.26. The average molecular weight is 297 g/mol. The molecular formula is C14H21BrN2. The van der Waals surface area contributed by atoms with Gasteiger partial charge in [-0.2, -0.15) is 0 Å². The van der Waals surface area contributed by atoms with Gasteiger partial charge in [-0.3, -0.25) is 0 Å². The summed E-state index contributed by atoms with van der Waals surface area (Å²) in [5.41, 5.74) is 8.35. The smallest absolute Gasteiger partial charge is 0.0512 e. The number of anilines is 2. The van der Waals surface area contributed by atoms with Gasteiger partial charge >= 0.3 is 0 Å². The zero-order valence-corrected chi connectivity index (χ0v) is 12.3. The molecule has 0 aromatic heterocycles. The number of nitrogens with zero attached hydrogens (tertiary/aromatic N) is 1. The molecule has 1 fully saturated rings. The maximum absolute atomic E-state index is 5.78. The summed E-state index contributed by atoms with van der Waals surface area (Å²) in [4.78, 5) is 2.47. The normalized spacial score (nSPS) is 20.1. The second kappa shape index (κ2) is 4.89. The first-order valence-electron chi connectivity index (χ1n) is 6.28. The van der Waals surface area contributed by atoms with Gasteiger partial charge in [0.15, 0.2) is 0 Å². The van der Waals surface area contributed by atoms with Crippen molar-refractivity contribution in [3.8, 4) is 0 Å². The minimum Gasteiger partial charge on any atom is -0.399 e. The standard InChI is InChI=1S/C14H21BrN2/c1-14(2)6-3-8-17(9-7-14)13-5-4-11(16)10-12(13)15/h4-5,10H,3,6-9,16H2,1-2H3. The Labute approximate surface area is 112 Å². The van der Waals surface area contributed by atoms with E-state index in [1.807, 2.05) is 12.1 Å². The highest BCUT2D eigenvalue weighted by atomic mass is 79.9. The molecule has 1 aromatic rings. The molecule has 0 bridgehead atoms. The van der Waals surface area contributed by atoms with Crippen LogP contribution in [0.5, 0.6) is 0 Å². The molecule has 0 spiro atoms. The topological polar surface area (TPSA) is 29.3 Å². The summed E-state index contributed by atoms with van der Waals surface area (Å²) in [6.07, 6.45) is 3.84. The molecule has 1 aromatic carbocycles.